The molecule has 0 bridgehead atoms. The molecule has 2 unspecified atom stereocenters. The van der Waals surface area contributed by atoms with Gasteiger partial charge in [0.15, 0.2) is 0 Å². The highest BCUT2D eigenvalue weighted by atomic mass is 15.1. The molecule has 0 radical (unpaired) electrons. The van der Waals surface area contributed by atoms with Crippen molar-refractivity contribution in [3.8, 4) is 0 Å². The first kappa shape index (κ1) is 13.5. The third kappa shape index (κ3) is 4.50. The standard InChI is InChI=1S/C14H26N2/c1-5-9-16(10-6-2)13(4)12(3)11-15-14-7-8-14/h5-6,12-15H,1-2,7-11H2,3-4H3. The van der Waals surface area contributed by atoms with E-state index in [4.69, 9.17) is 0 Å². The van der Waals surface area contributed by atoms with Crippen molar-refractivity contribution in [1.29, 1.82) is 0 Å². The van der Waals surface area contributed by atoms with E-state index in [9.17, 15) is 0 Å². The van der Waals surface area contributed by atoms with Crippen molar-refractivity contribution >= 4 is 0 Å². The van der Waals surface area contributed by atoms with Crippen LogP contribution in [0.25, 0.3) is 0 Å². The third-order valence-electron chi connectivity index (χ3n) is 3.43. The average molecular weight is 222 g/mol. The molecule has 1 N–H and O–H groups in total. The molecule has 2 heteroatoms. The summed E-state index contributed by atoms with van der Waals surface area (Å²) in [7, 11) is 0. The SMILES string of the molecule is C=CCN(CC=C)C(C)C(C)CNC1CC1. The minimum atomic E-state index is 0.572. The van der Waals surface area contributed by atoms with Gasteiger partial charge in [-0.2, -0.15) is 0 Å². The van der Waals surface area contributed by atoms with Crippen molar-refractivity contribution in [1.82, 2.24) is 10.2 Å². The van der Waals surface area contributed by atoms with Crippen LogP contribution in [0, 0.1) is 5.92 Å². The summed E-state index contributed by atoms with van der Waals surface area (Å²) >= 11 is 0. The Bertz CT molecular complexity index is 211. The second-order valence-electron chi connectivity index (χ2n) is 4.93. The molecule has 1 rings (SSSR count). The molecular weight excluding hydrogens is 196 g/mol. The van der Waals surface area contributed by atoms with Crippen LogP contribution in [0.3, 0.4) is 0 Å². The first-order valence-electron chi connectivity index (χ1n) is 6.38. The van der Waals surface area contributed by atoms with Crippen molar-refractivity contribution in [3.63, 3.8) is 0 Å². The Kier molecular flexibility index (Phi) is 5.78. The first-order chi connectivity index (χ1) is 7.69. The summed E-state index contributed by atoms with van der Waals surface area (Å²) in [5, 5.41) is 3.60. The highest BCUT2D eigenvalue weighted by Gasteiger charge is 2.23. The summed E-state index contributed by atoms with van der Waals surface area (Å²) in [5.74, 6) is 0.667. The predicted molar refractivity (Wildman–Crippen MR) is 71.6 cm³/mol. The molecule has 0 heterocycles. The van der Waals surface area contributed by atoms with Gasteiger partial charge in [-0.1, -0.05) is 19.1 Å². The Morgan fingerprint density at radius 2 is 1.81 bits per heavy atom. The molecule has 16 heavy (non-hydrogen) atoms. The third-order valence-corrected chi connectivity index (χ3v) is 3.43. The minimum absolute atomic E-state index is 0.572. The minimum Gasteiger partial charge on any atom is -0.314 e. The van der Waals surface area contributed by atoms with E-state index in [0.717, 1.165) is 25.7 Å². The maximum absolute atomic E-state index is 3.82. The van der Waals surface area contributed by atoms with Crippen molar-refractivity contribution in [2.75, 3.05) is 19.6 Å². The molecular formula is C14H26N2. The fourth-order valence-corrected chi connectivity index (χ4v) is 1.91. The molecule has 0 aromatic heterocycles. The lowest BCUT2D eigenvalue weighted by molar-refractivity contribution is 0.193. The molecule has 1 aliphatic carbocycles. The van der Waals surface area contributed by atoms with Gasteiger partial charge in [-0.25, -0.2) is 0 Å². The van der Waals surface area contributed by atoms with Gasteiger partial charge in [0.1, 0.15) is 0 Å². The molecule has 0 aromatic rings. The van der Waals surface area contributed by atoms with Gasteiger partial charge in [0.25, 0.3) is 0 Å². The van der Waals surface area contributed by atoms with Crippen molar-refractivity contribution in [2.24, 2.45) is 5.92 Å². The molecule has 0 amide bonds. The Hall–Kier alpha value is -0.600. The van der Waals surface area contributed by atoms with Crippen LogP contribution in [0.15, 0.2) is 25.3 Å². The van der Waals surface area contributed by atoms with Crippen LogP contribution in [-0.2, 0) is 0 Å². The van der Waals surface area contributed by atoms with Gasteiger partial charge in [0.05, 0.1) is 0 Å². The average Bonchev–Trinajstić information content (AvgIpc) is 3.08. The van der Waals surface area contributed by atoms with Gasteiger partial charge < -0.3 is 5.32 Å². The lowest BCUT2D eigenvalue weighted by Gasteiger charge is -2.31. The zero-order valence-electron chi connectivity index (χ0n) is 10.8. The zero-order valence-corrected chi connectivity index (χ0v) is 10.8. The molecule has 1 saturated carbocycles. The van der Waals surface area contributed by atoms with Crippen LogP contribution in [0.4, 0.5) is 0 Å². The van der Waals surface area contributed by atoms with E-state index in [0.29, 0.717) is 12.0 Å². The second-order valence-corrected chi connectivity index (χ2v) is 4.93. The van der Waals surface area contributed by atoms with Gasteiger partial charge >= 0.3 is 0 Å². The number of hydrogen-bond donors (Lipinski definition) is 1. The van der Waals surface area contributed by atoms with Crippen LogP contribution in [0.2, 0.25) is 0 Å². The topological polar surface area (TPSA) is 15.3 Å². The van der Waals surface area contributed by atoms with Gasteiger partial charge in [-0.3, -0.25) is 4.90 Å². The van der Waals surface area contributed by atoms with Crippen LogP contribution < -0.4 is 5.32 Å². The van der Waals surface area contributed by atoms with E-state index in [1.54, 1.807) is 0 Å². The molecule has 0 aromatic carbocycles. The van der Waals surface area contributed by atoms with E-state index >= 15 is 0 Å². The van der Waals surface area contributed by atoms with Gasteiger partial charge in [0.2, 0.25) is 0 Å². The van der Waals surface area contributed by atoms with Crippen LogP contribution in [-0.4, -0.2) is 36.6 Å². The summed E-state index contributed by atoms with van der Waals surface area (Å²) < 4.78 is 0. The molecule has 1 fully saturated rings. The molecule has 1 aliphatic rings. The highest BCUT2D eigenvalue weighted by Crippen LogP contribution is 2.19. The maximum Gasteiger partial charge on any atom is 0.0166 e. The van der Waals surface area contributed by atoms with E-state index in [1.165, 1.54) is 12.8 Å². The quantitative estimate of drug-likeness (QED) is 0.603. The van der Waals surface area contributed by atoms with Gasteiger partial charge in [0, 0.05) is 25.2 Å². The van der Waals surface area contributed by atoms with Gasteiger partial charge in [-0.05, 0) is 32.2 Å². The number of nitrogens with zero attached hydrogens (tertiary/aromatic N) is 1. The van der Waals surface area contributed by atoms with Crippen LogP contribution >= 0.6 is 0 Å². The summed E-state index contributed by atoms with van der Waals surface area (Å²) in [5.41, 5.74) is 0. The molecule has 2 atom stereocenters. The molecule has 0 aliphatic heterocycles. The van der Waals surface area contributed by atoms with E-state index in [-0.39, 0.29) is 0 Å². The number of rotatable bonds is 9. The normalized spacial score (nSPS) is 19.4. The number of hydrogen-bond acceptors (Lipinski definition) is 2. The fourth-order valence-electron chi connectivity index (χ4n) is 1.91. The van der Waals surface area contributed by atoms with E-state index in [1.807, 2.05) is 12.2 Å². The largest absolute Gasteiger partial charge is 0.314 e. The summed E-state index contributed by atoms with van der Waals surface area (Å²) in [6.45, 7) is 15.3. The summed E-state index contributed by atoms with van der Waals surface area (Å²) in [6, 6.07) is 1.38. The van der Waals surface area contributed by atoms with Crippen molar-refractivity contribution < 1.29 is 0 Å². The zero-order chi connectivity index (χ0) is 12.0. The monoisotopic (exact) mass is 222 g/mol. The van der Waals surface area contributed by atoms with Crippen LogP contribution in [0.1, 0.15) is 26.7 Å². The number of nitrogens with one attached hydrogen (secondary N) is 1. The second kappa shape index (κ2) is 6.87. The highest BCUT2D eigenvalue weighted by molar-refractivity contribution is 4.87. The van der Waals surface area contributed by atoms with Crippen LogP contribution in [0.5, 0.6) is 0 Å². The van der Waals surface area contributed by atoms with E-state index in [2.05, 4.69) is 37.2 Å². The van der Waals surface area contributed by atoms with E-state index < -0.39 is 0 Å². The fraction of sp³-hybridized carbons (Fsp3) is 0.714. The smallest absolute Gasteiger partial charge is 0.0166 e. The Labute approximate surface area is 100 Å². The Balaban J connectivity index is 2.33. The Morgan fingerprint density at radius 1 is 1.25 bits per heavy atom. The lowest BCUT2D eigenvalue weighted by atomic mass is 10.0. The molecule has 92 valence electrons. The molecule has 0 saturated heterocycles. The Morgan fingerprint density at radius 3 is 2.25 bits per heavy atom. The first-order valence-corrected chi connectivity index (χ1v) is 6.38. The van der Waals surface area contributed by atoms with Crippen molar-refractivity contribution in [3.05, 3.63) is 25.3 Å². The summed E-state index contributed by atoms with van der Waals surface area (Å²) in [4.78, 5) is 2.42. The maximum atomic E-state index is 3.82. The van der Waals surface area contributed by atoms with Gasteiger partial charge in [-0.15, -0.1) is 13.2 Å². The molecule has 0 spiro atoms. The summed E-state index contributed by atoms with van der Waals surface area (Å²) in [6.07, 6.45) is 6.68. The van der Waals surface area contributed by atoms with Crippen molar-refractivity contribution in [2.45, 2.75) is 38.8 Å². The molecule has 2 nitrogen and oxygen atoms in total. The predicted octanol–water partition coefficient (Wildman–Crippen LogP) is 2.44. The lowest BCUT2D eigenvalue weighted by Crippen LogP contribution is -2.41.